The maximum Gasteiger partial charge on any atom is 0.318 e. The summed E-state index contributed by atoms with van der Waals surface area (Å²) < 4.78 is 10.9. The molecule has 0 unspecified atom stereocenters. The van der Waals surface area contributed by atoms with Crippen LogP contribution < -0.4 is 5.32 Å². The van der Waals surface area contributed by atoms with Crippen molar-refractivity contribution in [1.82, 2.24) is 15.2 Å². The highest BCUT2D eigenvalue weighted by atomic mass is 16.5. The third-order valence-corrected chi connectivity index (χ3v) is 4.19. The number of rotatable bonds is 5. The van der Waals surface area contributed by atoms with Crippen LogP contribution in [0.25, 0.3) is 0 Å². The molecule has 2 aromatic heterocycles. The monoisotopic (exact) mass is 329 g/mol. The standard InChI is InChI=1S/C18H23N3O3/c1-13-8-14(10-19-9-13)11-20-18(22)21-7-3-4-16(21)17-6-5-15(24-17)12-23-2/h5-6,8-10,16H,3-4,7,11-12H2,1-2H3,(H,20,22)/t16-/m1/s1. The number of aromatic nitrogens is 1. The van der Waals surface area contributed by atoms with E-state index < -0.39 is 0 Å². The van der Waals surface area contributed by atoms with Gasteiger partial charge in [-0.3, -0.25) is 4.98 Å². The van der Waals surface area contributed by atoms with Crippen molar-refractivity contribution in [3.8, 4) is 0 Å². The second-order valence-corrected chi connectivity index (χ2v) is 6.12. The SMILES string of the molecule is COCc1ccc([C@H]2CCCN2C(=O)NCc2cncc(C)c2)o1. The maximum absolute atomic E-state index is 12.5. The molecule has 24 heavy (non-hydrogen) atoms. The van der Waals surface area contributed by atoms with Crippen LogP contribution in [0.15, 0.2) is 35.0 Å². The predicted molar refractivity (Wildman–Crippen MR) is 89.3 cm³/mol. The zero-order valence-corrected chi connectivity index (χ0v) is 14.1. The van der Waals surface area contributed by atoms with Crippen LogP contribution in [-0.2, 0) is 17.9 Å². The minimum Gasteiger partial charge on any atom is -0.461 e. The number of nitrogens with zero attached hydrogens (tertiary/aromatic N) is 2. The van der Waals surface area contributed by atoms with Gasteiger partial charge in [0.1, 0.15) is 18.1 Å². The summed E-state index contributed by atoms with van der Waals surface area (Å²) in [6.07, 6.45) is 5.47. The van der Waals surface area contributed by atoms with Crippen molar-refractivity contribution < 1.29 is 13.9 Å². The van der Waals surface area contributed by atoms with E-state index in [1.807, 2.05) is 30.0 Å². The second-order valence-electron chi connectivity index (χ2n) is 6.12. The summed E-state index contributed by atoms with van der Waals surface area (Å²) >= 11 is 0. The Kier molecular flexibility index (Phi) is 5.15. The number of furan rings is 1. The summed E-state index contributed by atoms with van der Waals surface area (Å²) in [4.78, 5) is 18.5. The fraction of sp³-hybridized carbons (Fsp3) is 0.444. The van der Waals surface area contributed by atoms with Gasteiger partial charge in [0.15, 0.2) is 0 Å². The van der Waals surface area contributed by atoms with E-state index in [4.69, 9.17) is 9.15 Å². The Balaban J connectivity index is 1.62. The van der Waals surface area contributed by atoms with Crippen molar-refractivity contribution in [3.05, 3.63) is 53.2 Å². The van der Waals surface area contributed by atoms with Crippen LogP contribution in [-0.4, -0.2) is 29.6 Å². The molecule has 1 atom stereocenters. The lowest BCUT2D eigenvalue weighted by atomic mass is 10.2. The first kappa shape index (κ1) is 16.5. The Morgan fingerprint density at radius 1 is 1.46 bits per heavy atom. The highest BCUT2D eigenvalue weighted by Gasteiger charge is 2.32. The number of aryl methyl sites for hydroxylation is 1. The third kappa shape index (κ3) is 3.76. The van der Waals surface area contributed by atoms with E-state index >= 15 is 0 Å². The van der Waals surface area contributed by atoms with Gasteiger partial charge < -0.3 is 19.4 Å². The number of pyridine rings is 1. The molecule has 2 amide bonds. The molecule has 1 aliphatic heterocycles. The number of hydrogen-bond acceptors (Lipinski definition) is 4. The number of methoxy groups -OCH3 is 1. The molecule has 3 rings (SSSR count). The lowest BCUT2D eigenvalue weighted by Gasteiger charge is -2.23. The molecule has 128 valence electrons. The van der Waals surface area contributed by atoms with E-state index in [9.17, 15) is 4.79 Å². The van der Waals surface area contributed by atoms with Crippen LogP contribution in [0, 0.1) is 6.92 Å². The first-order valence-electron chi connectivity index (χ1n) is 8.20. The van der Waals surface area contributed by atoms with E-state index in [2.05, 4.69) is 10.3 Å². The van der Waals surface area contributed by atoms with E-state index in [0.717, 1.165) is 42.0 Å². The Morgan fingerprint density at radius 2 is 2.33 bits per heavy atom. The van der Waals surface area contributed by atoms with Gasteiger partial charge in [0.2, 0.25) is 0 Å². The largest absolute Gasteiger partial charge is 0.461 e. The van der Waals surface area contributed by atoms with Crippen molar-refractivity contribution >= 4 is 6.03 Å². The van der Waals surface area contributed by atoms with Gasteiger partial charge in [-0.25, -0.2) is 4.79 Å². The molecule has 0 spiro atoms. The summed E-state index contributed by atoms with van der Waals surface area (Å²) in [5.41, 5.74) is 2.08. The van der Waals surface area contributed by atoms with Gasteiger partial charge >= 0.3 is 6.03 Å². The normalized spacial score (nSPS) is 17.2. The van der Waals surface area contributed by atoms with Gasteiger partial charge in [0.25, 0.3) is 0 Å². The molecular formula is C18H23N3O3. The number of amides is 2. The summed E-state index contributed by atoms with van der Waals surface area (Å²) in [6.45, 7) is 3.65. The first-order valence-corrected chi connectivity index (χ1v) is 8.20. The van der Waals surface area contributed by atoms with E-state index in [1.165, 1.54) is 0 Å². The average molecular weight is 329 g/mol. The smallest absolute Gasteiger partial charge is 0.318 e. The maximum atomic E-state index is 12.5. The van der Waals surface area contributed by atoms with Crippen molar-refractivity contribution in [2.24, 2.45) is 0 Å². The fourth-order valence-electron chi connectivity index (χ4n) is 3.09. The number of carbonyl (C=O) groups is 1. The van der Waals surface area contributed by atoms with Crippen LogP contribution in [0.3, 0.4) is 0 Å². The Morgan fingerprint density at radius 3 is 3.12 bits per heavy atom. The van der Waals surface area contributed by atoms with Crippen molar-refractivity contribution in [1.29, 1.82) is 0 Å². The molecule has 3 heterocycles. The summed E-state index contributed by atoms with van der Waals surface area (Å²) in [6, 6.07) is 5.80. The molecule has 6 heteroatoms. The molecule has 0 aromatic carbocycles. The summed E-state index contributed by atoms with van der Waals surface area (Å²) in [7, 11) is 1.64. The predicted octanol–water partition coefficient (Wildman–Crippen LogP) is 3.18. The molecule has 0 radical (unpaired) electrons. The third-order valence-electron chi connectivity index (χ3n) is 4.19. The quantitative estimate of drug-likeness (QED) is 0.915. The van der Waals surface area contributed by atoms with E-state index in [-0.39, 0.29) is 12.1 Å². The zero-order valence-electron chi connectivity index (χ0n) is 14.1. The highest BCUT2D eigenvalue weighted by Crippen LogP contribution is 2.33. The molecule has 1 saturated heterocycles. The van der Waals surface area contributed by atoms with Crippen LogP contribution in [0.1, 0.15) is 41.5 Å². The Labute approximate surface area is 141 Å². The zero-order chi connectivity index (χ0) is 16.9. The molecule has 2 aromatic rings. The number of urea groups is 1. The van der Waals surface area contributed by atoms with Gasteiger partial charge in [0, 0.05) is 32.6 Å². The van der Waals surface area contributed by atoms with Gasteiger partial charge in [-0.1, -0.05) is 6.07 Å². The summed E-state index contributed by atoms with van der Waals surface area (Å²) in [5, 5.41) is 2.98. The molecule has 1 aliphatic rings. The van der Waals surface area contributed by atoms with E-state index in [0.29, 0.717) is 13.2 Å². The van der Waals surface area contributed by atoms with Crippen molar-refractivity contribution in [2.45, 2.75) is 39.0 Å². The molecular weight excluding hydrogens is 306 g/mol. The number of likely N-dealkylation sites (tertiary alicyclic amines) is 1. The van der Waals surface area contributed by atoms with Gasteiger partial charge in [-0.15, -0.1) is 0 Å². The molecule has 6 nitrogen and oxygen atoms in total. The van der Waals surface area contributed by atoms with Gasteiger partial charge in [-0.05, 0) is 43.0 Å². The lowest BCUT2D eigenvalue weighted by molar-refractivity contribution is 0.156. The second kappa shape index (κ2) is 7.49. The fourth-order valence-corrected chi connectivity index (χ4v) is 3.09. The lowest BCUT2D eigenvalue weighted by Crippen LogP contribution is -2.39. The van der Waals surface area contributed by atoms with E-state index in [1.54, 1.807) is 19.5 Å². The van der Waals surface area contributed by atoms with Crippen LogP contribution in [0.2, 0.25) is 0 Å². The topological polar surface area (TPSA) is 67.6 Å². The molecule has 0 saturated carbocycles. The minimum absolute atomic E-state index is 0.00811. The Bertz CT molecular complexity index is 698. The van der Waals surface area contributed by atoms with Gasteiger partial charge in [-0.2, -0.15) is 0 Å². The van der Waals surface area contributed by atoms with Crippen LogP contribution in [0.5, 0.6) is 0 Å². The van der Waals surface area contributed by atoms with Crippen molar-refractivity contribution in [3.63, 3.8) is 0 Å². The molecule has 0 bridgehead atoms. The number of nitrogens with one attached hydrogen (secondary N) is 1. The number of carbonyl (C=O) groups excluding carboxylic acids is 1. The van der Waals surface area contributed by atoms with Crippen molar-refractivity contribution in [2.75, 3.05) is 13.7 Å². The van der Waals surface area contributed by atoms with Gasteiger partial charge in [0.05, 0.1) is 6.04 Å². The molecule has 0 aliphatic carbocycles. The highest BCUT2D eigenvalue weighted by molar-refractivity contribution is 5.75. The summed E-state index contributed by atoms with van der Waals surface area (Å²) in [5.74, 6) is 1.61. The molecule has 1 N–H and O–H groups in total. The molecule has 1 fully saturated rings. The Hall–Kier alpha value is -2.34. The minimum atomic E-state index is -0.0660. The average Bonchev–Trinajstić information content (AvgIpc) is 3.22. The van der Waals surface area contributed by atoms with Crippen LogP contribution in [0.4, 0.5) is 4.79 Å². The number of ether oxygens (including phenoxy) is 1. The van der Waals surface area contributed by atoms with Crippen LogP contribution >= 0.6 is 0 Å². The number of hydrogen-bond donors (Lipinski definition) is 1. The first-order chi connectivity index (χ1) is 11.7.